The van der Waals surface area contributed by atoms with E-state index in [1.807, 2.05) is 0 Å². The van der Waals surface area contributed by atoms with Gasteiger partial charge in [0.15, 0.2) is 10.9 Å². The average molecular weight is 418 g/mol. The van der Waals surface area contributed by atoms with Gasteiger partial charge in [0.05, 0.1) is 13.0 Å². The first kappa shape index (κ1) is 24.0. The lowest BCUT2D eigenvalue weighted by atomic mass is 10.1. The second kappa shape index (κ2) is 15.0. The van der Waals surface area contributed by atoms with Gasteiger partial charge in [0.1, 0.15) is 11.3 Å². The Morgan fingerprint density at radius 1 is 1.00 bits per heavy atom. The minimum absolute atomic E-state index is 0.177. The van der Waals surface area contributed by atoms with Gasteiger partial charge >= 0.3 is 5.97 Å². The molecule has 0 radical (unpaired) electrons. The molecule has 0 aliphatic carbocycles. The fourth-order valence-electron chi connectivity index (χ4n) is 2.81. The van der Waals surface area contributed by atoms with E-state index in [4.69, 9.17) is 32.7 Å². The fraction of sp³-hybridized carbons (Fsp3) is 0.714. The Hall–Kier alpha value is -1.00. The topological polar surface area (TPSA) is 48.4 Å². The van der Waals surface area contributed by atoms with Crippen molar-refractivity contribution in [1.29, 1.82) is 0 Å². The fourth-order valence-corrected chi connectivity index (χ4v) is 3.20. The van der Waals surface area contributed by atoms with Crippen LogP contribution in [-0.2, 0) is 9.53 Å². The number of halogens is 2. The van der Waals surface area contributed by atoms with Crippen LogP contribution in [0.2, 0.25) is 10.3 Å². The molecule has 1 aromatic heterocycles. The molecule has 0 spiro atoms. The molecule has 0 aliphatic rings. The molecule has 1 rings (SSSR count). The third-order valence-corrected chi connectivity index (χ3v) is 4.81. The zero-order valence-corrected chi connectivity index (χ0v) is 18.2. The Morgan fingerprint density at radius 3 is 2.19 bits per heavy atom. The molecule has 0 N–H and O–H groups in total. The predicted molar refractivity (Wildman–Crippen MR) is 112 cm³/mol. The van der Waals surface area contributed by atoms with Crippen molar-refractivity contribution < 1.29 is 14.3 Å². The van der Waals surface area contributed by atoms with Crippen LogP contribution in [0.4, 0.5) is 0 Å². The number of nitrogens with zero attached hydrogens (tertiary/aromatic N) is 1. The van der Waals surface area contributed by atoms with Crippen molar-refractivity contribution in [3.8, 4) is 5.75 Å². The van der Waals surface area contributed by atoms with Gasteiger partial charge in [-0.2, -0.15) is 0 Å². The molecule has 6 heteroatoms. The lowest BCUT2D eigenvalue weighted by Gasteiger charge is -2.15. The zero-order valence-electron chi connectivity index (χ0n) is 16.6. The summed E-state index contributed by atoms with van der Waals surface area (Å²) in [4.78, 5) is 15.8. The molecule has 1 heterocycles. The summed E-state index contributed by atoms with van der Waals surface area (Å²) >= 11 is 11.7. The Labute approximate surface area is 173 Å². The quantitative estimate of drug-likeness (QED) is 0.175. The molecule has 0 amide bonds. The van der Waals surface area contributed by atoms with Gasteiger partial charge in [-0.25, -0.2) is 4.98 Å². The van der Waals surface area contributed by atoms with E-state index < -0.39 is 0 Å². The minimum atomic E-state index is -0.342. The average Bonchev–Trinajstić information content (AvgIpc) is 2.62. The van der Waals surface area contributed by atoms with Crippen LogP contribution < -0.4 is 4.74 Å². The summed E-state index contributed by atoms with van der Waals surface area (Å²) in [7, 11) is 0. The maximum absolute atomic E-state index is 11.9. The molecule has 0 saturated heterocycles. The van der Waals surface area contributed by atoms with Crippen molar-refractivity contribution in [2.75, 3.05) is 6.61 Å². The number of ether oxygens (including phenoxy) is 2. The highest BCUT2D eigenvalue weighted by atomic mass is 35.5. The number of pyridine rings is 1. The van der Waals surface area contributed by atoms with Crippen LogP contribution >= 0.6 is 23.2 Å². The van der Waals surface area contributed by atoms with Crippen LogP contribution in [0.15, 0.2) is 12.1 Å². The molecule has 1 aromatic rings. The van der Waals surface area contributed by atoms with E-state index in [0.29, 0.717) is 17.5 Å². The lowest BCUT2D eigenvalue weighted by molar-refractivity contribution is -0.145. The summed E-state index contributed by atoms with van der Waals surface area (Å²) in [5.74, 6) is 0.160. The van der Waals surface area contributed by atoms with Gasteiger partial charge in [-0.15, -0.1) is 0 Å². The number of carbonyl (C=O) groups excluding carboxylic acids is 1. The molecule has 1 atom stereocenters. The van der Waals surface area contributed by atoms with E-state index in [0.717, 1.165) is 12.8 Å². The molecule has 4 nitrogen and oxygen atoms in total. The highest BCUT2D eigenvalue weighted by Crippen LogP contribution is 2.25. The monoisotopic (exact) mass is 417 g/mol. The van der Waals surface area contributed by atoms with E-state index in [9.17, 15) is 4.79 Å². The molecule has 0 bridgehead atoms. The first-order valence-electron chi connectivity index (χ1n) is 10.2. The van der Waals surface area contributed by atoms with Gasteiger partial charge in [0.2, 0.25) is 0 Å². The standard InChI is InChI=1S/C21H33Cl2NO3/c1-3-4-5-6-7-8-9-10-11-12-15-26-20(25)16-17(2)27-18-13-14-19(22)24-21(18)23/h13-14,17H,3-12,15-16H2,1-2H3. The molecular weight excluding hydrogens is 385 g/mol. The Balaban J connectivity index is 2.02. The molecular formula is C21H33Cl2NO3. The number of unbranched alkanes of at least 4 members (excludes halogenated alkanes) is 9. The summed E-state index contributed by atoms with van der Waals surface area (Å²) in [6, 6.07) is 3.24. The third kappa shape index (κ3) is 12.1. The first-order valence-corrected chi connectivity index (χ1v) is 10.9. The van der Waals surface area contributed by atoms with Gasteiger partial charge in [0.25, 0.3) is 0 Å². The highest BCUT2D eigenvalue weighted by molar-refractivity contribution is 6.33. The smallest absolute Gasteiger partial charge is 0.309 e. The Bertz CT molecular complexity index is 540. The second-order valence-corrected chi connectivity index (χ2v) is 7.70. The van der Waals surface area contributed by atoms with Crippen molar-refractivity contribution in [2.45, 2.75) is 90.6 Å². The molecule has 27 heavy (non-hydrogen) atoms. The van der Waals surface area contributed by atoms with Crippen molar-refractivity contribution >= 4 is 29.2 Å². The van der Waals surface area contributed by atoms with Crippen molar-refractivity contribution in [3.05, 3.63) is 22.4 Å². The van der Waals surface area contributed by atoms with E-state index in [1.165, 1.54) is 51.4 Å². The lowest BCUT2D eigenvalue weighted by Crippen LogP contribution is -2.19. The van der Waals surface area contributed by atoms with E-state index >= 15 is 0 Å². The maximum atomic E-state index is 11.9. The molecule has 154 valence electrons. The Kier molecular flexibility index (Phi) is 13.3. The predicted octanol–water partition coefficient (Wildman–Crippen LogP) is 7.01. The number of esters is 1. The van der Waals surface area contributed by atoms with E-state index in [1.54, 1.807) is 19.1 Å². The van der Waals surface area contributed by atoms with Gasteiger partial charge in [-0.05, 0) is 25.5 Å². The molecule has 0 aliphatic heterocycles. The summed E-state index contributed by atoms with van der Waals surface area (Å²) in [5.41, 5.74) is 0. The molecule has 0 saturated carbocycles. The summed E-state index contributed by atoms with van der Waals surface area (Å²) in [5, 5.41) is 0.490. The summed E-state index contributed by atoms with van der Waals surface area (Å²) in [6.45, 7) is 4.52. The first-order chi connectivity index (χ1) is 13.0. The van der Waals surface area contributed by atoms with Crippen LogP contribution in [0.25, 0.3) is 0 Å². The van der Waals surface area contributed by atoms with Gasteiger partial charge in [-0.3, -0.25) is 4.79 Å². The van der Waals surface area contributed by atoms with Crippen molar-refractivity contribution in [1.82, 2.24) is 4.98 Å². The normalized spacial score (nSPS) is 12.0. The summed E-state index contributed by atoms with van der Waals surface area (Å²) < 4.78 is 10.9. The number of aromatic nitrogens is 1. The van der Waals surface area contributed by atoms with Gasteiger partial charge in [0, 0.05) is 0 Å². The van der Waals surface area contributed by atoms with Crippen LogP contribution in [-0.4, -0.2) is 23.7 Å². The van der Waals surface area contributed by atoms with Crippen LogP contribution in [0, 0.1) is 0 Å². The van der Waals surface area contributed by atoms with E-state index in [-0.39, 0.29) is 23.6 Å². The number of hydrogen-bond acceptors (Lipinski definition) is 4. The van der Waals surface area contributed by atoms with Crippen LogP contribution in [0.1, 0.15) is 84.5 Å². The molecule has 0 aromatic carbocycles. The number of rotatable bonds is 15. The summed E-state index contributed by atoms with van der Waals surface area (Å²) in [6.07, 6.45) is 12.4. The number of carbonyl (C=O) groups is 1. The molecule has 1 unspecified atom stereocenters. The Morgan fingerprint density at radius 2 is 1.59 bits per heavy atom. The zero-order chi connectivity index (χ0) is 19.9. The molecule has 0 fully saturated rings. The van der Waals surface area contributed by atoms with Crippen LogP contribution in [0.3, 0.4) is 0 Å². The van der Waals surface area contributed by atoms with Gasteiger partial charge < -0.3 is 9.47 Å². The van der Waals surface area contributed by atoms with Crippen molar-refractivity contribution in [3.63, 3.8) is 0 Å². The van der Waals surface area contributed by atoms with Crippen molar-refractivity contribution in [2.24, 2.45) is 0 Å². The SMILES string of the molecule is CCCCCCCCCCCCOC(=O)CC(C)Oc1ccc(Cl)nc1Cl. The van der Waals surface area contributed by atoms with Gasteiger partial charge in [-0.1, -0.05) is 87.9 Å². The minimum Gasteiger partial charge on any atom is -0.487 e. The second-order valence-electron chi connectivity index (χ2n) is 6.96. The van der Waals surface area contributed by atoms with E-state index in [2.05, 4.69) is 11.9 Å². The largest absolute Gasteiger partial charge is 0.487 e. The maximum Gasteiger partial charge on any atom is 0.309 e. The number of hydrogen-bond donors (Lipinski definition) is 0. The highest BCUT2D eigenvalue weighted by Gasteiger charge is 2.14. The van der Waals surface area contributed by atoms with Crippen LogP contribution in [0.5, 0.6) is 5.75 Å². The third-order valence-electron chi connectivity index (χ3n) is 4.32.